The molecule has 1 aromatic carbocycles. The Labute approximate surface area is 106 Å². The van der Waals surface area contributed by atoms with Crippen LogP contribution >= 0.6 is 0 Å². The summed E-state index contributed by atoms with van der Waals surface area (Å²) in [5.41, 5.74) is 5.08. The Morgan fingerprint density at radius 2 is 1.84 bits per heavy atom. The van der Waals surface area contributed by atoms with Crippen molar-refractivity contribution in [3.63, 3.8) is 0 Å². The van der Waals surface area contributed by atoms with Crippen LogP contribution in [0.4, 0.5) is 30.4 Å². The summed E-state index contributed by atoms with van der Waals surface area (Å²) in [5.74, 6) is -3.36. The lowest BCUT2D eigenvalue weighted by Gasteiger charge is -2.10. The molecule has 2 rings (SSSR count). The van der Waals surface area contributed by atoms with E-state index in [4.69, 9.17) is 11.0 Å². The zero-order chi connectivity index (χ0) is 14.0. The monoisotopic (exact) mass is 264 g/mol. The van der Waals surface area contributed by atoms with Gasteiger partial charge in [0.2, 0.25) is 0 Å². The van der Waals surface area contributed by atoms with Gasteiger partial charge < -0.3 is 11.1 Å². The van der Waals surface area contributed by atoms with Crippen LogP contribution in [0.25, 0.3) is 0 Å². The molecule has 2 aromatic rings. The number of nitriles is 1. The van der Waals surface area contributed by atoms with Crippen molar-refractivity contribution in [3.8, 4) is 6.07 Å². The van der Waals surface area contributed by atoms with Crippen molar-refractivity contribution in [1.29, 1.82) is 5.26 Å². The van der Waals surface area contributed by atoms with Crippen molar-refractivity contribution in [1.82, 2.24) is 4.98 Å². The molecule has 7 heteroatoms. The number of rotatable bonds is 2. The maximum Gasteiger partial charge on any atom is 0.155 e. The summed E-state index contributed by atoms with van der Waals surface area (Å²) in [5, 5.41) is 11.1. The number of nitrogens with two attached hydrogens (primary N) is 1. The molecule has 0 saturated carbocycles. The summed E-state index contributed by atoms with van der Waals surface area (Å²) in [6, 6.07) is 4.21. The molecular formula is C12H7F3N4. The second kappa shape index (κ2) is 4.86. The molecule has 1 aromatic heterocycles. The second-order valence-corrected chi connectivity index (χ2v) is 3.60. The summed E-state index contributed by atoms with van der Waals surface area (Å²) in [4.78, 5) is 3.77. The Hall–Kier alpha value is -2.75. The first-order valence-electron chi connectivity index (χ1n) is 5.09. The van der Waals surface area contributed by atoms with Crippen LogP contribution in [0.2, 0.25) is 0 Å². The van der Waals surface area contributed by atoms with E-state index in [1.54, 1.807) is 0 Å². The van der Waals surface area contributed by atoms with Gasteiger partial charge in [-0.3, -0.25) is 0 Å². The summed E-state index contributed by atoms with van der Waals surface area (Å²) in [6.45, 7) is 0. The van der Waals surface area contributed by atoms with E-state index in [9.17, 15) is 13.2 Å². The third kappa shape index (κ3) is 2.42. The van der Waals surface area contributed by atoms with Gasteiger partial charge in [-0.05, 0) is 6.07 Å². The zero-order valence-electron chi connectivity index (χ0n) is 9.42. The maximum absolute atomic E-state index is 13.4. The van der Waals surface area contributed by atoms with Crippen molar-refractivity contribution in [2.45, 2.75) is 0 Å². The zero-order valence-corrected chi connectivity index (χ0v) is 9.42. The van der Waals surface area contributed by atoms with Gasteiger partial charge in [-0.2, -0.15) is 5.26 Å². The smallest absolute Gasteiger partial charge is 0.155 e. The van der Waals surface area contributed by atoms with Gasteiger partial charge in [-0.1, -0.05) is 0 Å². The number of halogens is 3. The molecule has 0 bridgehead atoms. The number of aromatic nitrogens is 1. The number of hydrogen-bond acceptors (Lipinski definition) is 4. The first-order valence-corrected chi connectivity index (χ1v) is 5.09. The second-order valence-electron chi connectivity index (χ2n) is 3.60. The number of anilines is 3. The fourth-order valence-electron chi connectivity index (χ4n) is 1.45. The highest BCUT2D eigenvalue weighted by molar-refractivity contribution is 5.73. The molecule has 4 nitrogen and oxygen atoms in total. The molecule has 1 heterocycles. The van der Waals surface area contributed by atoms with Crippen molar-refractivity contribution in [2.75, 3.05) is 11.1 Å². The molecule has 0 saturated heterocycles. The summed E-state index contributed by atoms with van der Waals surface area (Å²) in [7, 11) is 0. The number of nitrogen functional groups attached to an aromatic ring is 1. The normalized spacial score (nSPS) is 10.0. The highest BCUT2D eigenvalue weighted by atomic mass is 19.1. The first kappa shape index (κ1) is 12.7. The number of nitrogens with zero attached hydrogens (tertiary/aromatic N) is 2. The van der Waals surface area contributed by atoms with Gasteiger partial charge in [-0.15, -0.1) is 0 Å². The molecule has 0 radical (unpaired) electrons. The van der Waals surface area contributed by atoms with Crippen LogP contribution in [0.5, 0.6) is 0 Å². The first-order chi connectivity index (χ1) is 9.02. The number of hydrogen-bond donors (Lipinski definition) is 2. The van der Waals surface area contributed by atoms with Crippen molar-refractivity contribution in [2.24, 2.45) is 0 Å². The maximum atomic E-state index is 13.4. The highest BCUT2D eigenvalue weighted by Gasteiger charge is 2.14. The van der Waals surface area contributed by atoms with E-state index in [1.807, 2.05) is 6.07 Å². The molecule has 0 aliphatic carbocycles. The fourth-order valence-corrected chi connectivity index (χ4v) is 1.45. The summed E-state index contributed by atoms with van der Waals surface area (Å²) < 4.78 is 39.6. The minimum Gasteiger partial charge on any atom is -0.395 e. The average molecular weight is 264 g/mol. The van der Waals surface area contributed by atoms with Crippen LogP contribution in [0, 0.1) is 28.8 Å². The number of benzene rings is 1. The lowest BCUT2D eigenvalue weighted by atomic mass is 10.2. The van der Waals surface area contributed by atoms with Crippen LogP contribution in [0.1, 0.15) is 5.56 Å². The predicted octanol–water partition coefficient (Wildman–Crippen LogP) is 2.70. The van der Waals surface area contributed by atoms with E-state index in [2.05, 4.69) is 10.3 Å². The molecule has 0 unspecified atom stereocenters. The van der Waals surface area contributed by atoms with Gasteiger partial charge >= 0.3 is 0 Å². The molecule has 0 aliphatic heterocycles. The SMILES string of the molecule is N#Cc1ccnc(Nc2c(F)cc(F)cc2F)c1N. The predicted molar refractivity (Wildman–Crippen MR) is 63.0 cm³/mol. The van der Waals surface area contributed by atoms with Crippen molar-refractivity contribution < 1.29 is 13.2 Å². The van der Waals surface area contributed by atoms with Crippen LogP contribution in [-0.2, 0) is 0 Å². The minimum absolute atomic E-state index is 0.0480. The molecule has 0 fully saturated rings. The fraction of sp³-hybridized carbons (Fsp3) is 0. The van der Waals surface area contributed by atoms with Crippen molar-refractivity contribution in [3.05, 3.63) is 47.4 Å². The molecule has 19 heavy (non-hydrogen) atoms. The molecule has 0 spiro atoms. The Balaban J connectivity index is 2.46. The third-order valence-electron chi connectivity index (χ3n) is 2.36. The molecule has 0 atom stereocenters. The Kier molecular flexibility index (Phi) is 3.25. The van der Waals surface area contributed by atoms with Crippen LogP contribution in [0.3, 0.4) is 0 Å². The largest absolute Gasteiger partial charge is 0.395 e. The van der Waals surface area contributed by atoms with Gasteiger partial charge in [0.05, 0.1) is 11.3 Å². The number of nitrogens with one attached hydrogen (secondary N) is 1. The van der Waals surface area contributed by atoms with E-state index < -0.39 is 23.1 Å². The lowest BCUT2D eigenvalue weighted by Crippen LogP contribution is -2.04. The van der Waals surface area contributed by atoms with E-state index in [-0.39, 0.29) is 17.1 Å². The minimum atomic E-state index is -1.12. The van der Waals surface area contributed by atoms with Gasteiger partial charge in [0.15, 0.2) is 17.5 Å². The average Bonchev–Trinajstić information content (AvgIpc) is 2.35. The molecular weight excluding hydrogens is 257 g/mol. The van der Waals surface area contributed by atoms with Gasteiger partial charge in [0, 0.05) is 18.3 Å². The Morgan fingerprint density at radius 1 is 1.21 bits per heavy atom. The van der Waals surface area contributed by atoms with Crippen LogP contribution in [0.15, 0.2) is 24.4 Å². The molecule has 3 N–H and O–H groups in total. The van der Waals surface area contributed by atoms with Crippen molar-refractivity contribution >= 4 is 17.2 Å². The quantitative estimate of drug-likeness (QED) is 0.874. The van der Waals surface area contributed by atoms with Crippen LogP contribution in [-0.4, -0.2) is 4.98 Å². The topological polar surface area (TPSA) is 74.7 Å². The van der Waals surface area contributed by atoms with Crippen LogP contribution < -0.4 is 11.1 Å². The molecule has 0 aliphatic rings. The van der Waals surface area contributed by atoms with E-state index in [0.717, 1.165) is 0 Å². The molecule has 0 amide bonds. The highest BCUT2D eigenvalue weighted by Crippen LogP contribution is 2.27. The number of pyridine rings is 1. The summed E-state index contributed by atoms with van der Waals surface area (Å²) >= 11 is 0. The van der Waals surface area contributed by atoms with Gasteiger partial charge in [0.1, 0.15) is 17.6 Å². The summed E-state index contributed by atoms with van der Waals surface area (Å²) in [6.07, 6.45) is 1.26. The Morgan fingerprint density at radius 3 is 2.42 bits per heavy atom. The van der Waals surface area contributed by atoms with Gasteiger partial charge in [-0.25, -0.2) is 18.2 Å². The lowest BCUT2D eigenvalue weighted by molar-refractivity contribution is 0.549. The molecule has 96 valence electrons. The standard InChI is InChI=1S/C12H7F3N4/c13-7-3-8(14)11(9(15)4-7)19-12-10(17)6(5-16)1-2-18-12/h1-4H,17H2,(H,18,19). The Bertz CT molecular complexity index is 656. The van der Waals surface area contributed by atoms with E-state index in [0.29, 0.717) is 12.1 Å². The van der Waals surface area contributed by atoms with E-state index >= 15 is 0 Å². The third-order valence-corrected chi connectivity index (χ3v) is 2.36. The van der Waals surface area contributed by atoms with E-state index in [1.165, 1.54) is 12.3 Å². The van der Waals surface area contributed by atoms with Gasteiger partial charge in [0.25, 0.3) is 0 Å².